The molecule has 0 saturated heterocycles. The van der Waals surface area contributed by atoms with Crippen LogP contribution in [0.3, 0.4) is 0 Å². The van der Waals surface area contributed by atoms with Gasteiger partial charge in [-0.2, -0.15) is 0 Å². The quantitative estimate of drug-likeness (QED) is 0.747. The summed E-state index contributed by atoms with van der Waals surface area (Å²) >= 11 is 0. The highest BCUT2D eigenvalue weighted by atomic mass is 16.5. The summed E-state index contributed by atoms with van der Waals surface area (Å²) in [6, 6.07) is 14.6. The van der Waals surface area contributed by atoms with Crippen molar-refractivity contribution in [2.75, 3.05) is 27.7 Å². The van der Waals surface area contributed by atoms with Gasteiger partial charge in [-0.15, -0.1) is 0 Å². The van der Waals surface area contributed by atoms with E-state index in [-0.39, 0.29) is 5.92 Å². The fourth-order valence-corrected chi connectivity index (χ4v) is 4.61. The van der Waals surface area contributed by atoms with Gasteiger partial charge < -0.3 is 14.7 Å². The first-order chi connectivity index (χ1) is 13.8. The molecule has 0 bridgehead atoms. The first-order valence-corrected chi connectivity index (χ1v) is 10.6. The number of benzene rings is 2. The lowest BCUT2D eigenvalue weighted by molar-refractivity contribution is -0.0124. The number of methoxy groups -OCH3 is 1. The van der Waals surface area contributed by atoms with Gasteiger partial charge in [-0.3, -0.25) is 0 Å². The lowest BCUT2D eigenvalue weighted by Gasteiger charge is -2.44. The van der Waals surface area contributed by atoms with Crippen LogP contribution in [0.4, 0.5) is 0 Å². The summed E-state index contributed by atoms with van der Waals surface area (Å²) in [5.41, 5.74) is 5.12. The average molecular weight is 394 g/mol. The molecule has 0 aromatic heterocycles. The van der Waals surface area contributed by atoms with Crippen LogP contribution < -0.4 is 4.74 Å². The van der Waals surface area contributed by atoms with Crippen molar-refractivity contribution in [3.63, 3.8) is 0 Å². The molecule has 1 N–H and O–H groups in total. The van der Waals surface area contributed by atoms with Gasteiger partial charge in [0, 0.05) is 18.9 Å². The van der Waals surface area contributed by atoms with E-state index in [1.807, 2.05) is 18.2 Å². The molecule has 156 valence electrons. The first kappa shape index (κ1) is 21.6. The van der Waals surface area contributed by atoms with E-state index in [2.05, 4.69) is 63.2 Å². The molecule has 3 rings (SSSR count). The van der Waals surface area contributed by atoms with Crippen molar-refractivity contribution >= 4 is 6.08 Å². The number of hydrogen-bond donors (Lipinski definition) is 1. The third kappa shape index (κ3) is 5.09. The highest BCUT2D eigenvalue weighted by molar-refractivity contribution is 5.58. The zero-order chi connectivity index (χ0) is 21.0. The van der Waals surface area contributed by atoms with Crippen LogP contribution in [0.15, 0.2) is 48.0 Å². The van der Waals surface area contributed by atoms with Gasteiger partial charge in [0.25, 0.3) is 0 Å². The molecule has 2 aromatic rings. The molecule has 0 heterocycles. The molecule has 1 aliphatic rings. The molecule has 1 fully saturated rings. The van der Waals surface area contributed by atoms with Crippen LogP contribution >= 0.6 is 0 Å². The zero-order valence-corrected chi connectivity index (χ0v) is 18.5. The Balaban J connectivity index is 2.04. The number of ether oxygens (including phenoxy) is 1. The van der Waals surface area contributed by atoms with Gasteiger partial charge in [-0.1, -0.05) is 42.0 Å². The van der Waals surface area contributed by atoms with Crippen LogP contribution in [0.2, 0.25) is 0 Å². The predicted octanol–water partition coefficient (Wildman–Crippen LogP) is 5.03. The third-order valence-electron chi connectivity index (χ3n) is 6.21. The van der Waals surface area contributed by atoms with Crippen molar-refractivity contribution in [1.82, 2.24) is 4.90 Å². The Morgan fingerprint density at radius 1 is 1.17 bits per heavy atom. The summed E-state index contributed by atoms with van der Waals surface area (Å²) in [7, 11) is 5.88. The van der Waals surface area contributed by atoms with Crippen LogP contribution in [0, 0.1) is 19.8 Å². The van der Waals surface area contributed by atoms with E-state index in [1.54, 1.807) is 7.11 Å². The highest BCUT2D eigenvalue weighted by Crippen LogP contribution is 2.42. The number of rotatable bonds is 6. The molecule has 3 nitrogen and oxygen atoms in total. The SMILES string of the molecule is COc1cccc(/C=C2\CCCC(CN(C)C)C2(O)Cc2cc(C)ccc2C)c1. The topological polar surface area (TPSA) is 32.7 Å². The maximum Gasteiger partial charge on any atom is 0.119 e. The Morgan fingerprint density at radius 2 is 1.97 bits per heavy atom. The summed E-state index contributed by atoms with van der Waals surface area (Å²) in [4.78, 5) is 2.20. The Labute approximate surface area is 176 Å². The standard InChI is InChI=1S/C26H35NO2/c1-19-12-13-20(2)22(14-19)17-26(28)23(9-7-10-24(26)18-27(3)4)15-21-8-6-11-25(16-21)29-5/h6,8,11-16,24,28H,7,9-10,17-18H2,1-5H3/b23-15+. The Hall–Kier alpha value is -2.10. The highest BCUT2D eigenvalue weighted by Gasteiger charge is 2.42. The fourth-order valence-electron chi connectivity index (χ4n) is 4.61. The molecule has 0 radical (unpaired) electrons. The van der Waals surface area contributed by atoms with Crippen molar-refractivity contribution in [3.8, 4) is 5.75 Å². The van der Waals surface area contributed by atoms with Crippen molar-refractivity contribution in [2.45, 2.75) is 45.1 Å². The van der Waals surface area contributed by atoms with Gasteiger partial charge >= 0.3 is 0 Å². The predicted molar refractivity (Wildman–Crippen MR) is 121 cm³/mol. The van der Waals surface area contributed by atoms with Crippen LogP contribution in [-0.2, 0) is 6.42 Å². The van der Waals surface area contributed by atoms with Gasteiger partial charge in [0.15, 0.2) is 0 Å². The molecule has 3 heteroatoms. The maximum atomic E-state index is 12.2. The van der Waals surface area contributed by atoms with Gasteiger partial charge in [-0.05, 0) is 81.6 Å². The number of nitrogens with zero attached hydrogens (tertiary/aromatic N) is 1. The summed E-state index contributed by atoms with van der Waals surface area (Å²) in [6.45, 7) is 5.16. The molecule has 29 heavy (non-hydrogen) atoms. The van der Waals surface area contributed by atoms with Crippen LogP contribution in [0.1, 0.15) is 41.5 Å². The minimum Gasteiger partial charge on any atom is -0.497 e. The van der Waals surface area contributed by atoms with E-state index in [4.69, 9.17) is 4.74 Å². The normalized spacial score (nSPS) is 23.6. The zero-order valence-electron chi connectivity index (χ0n) is 18.5. The van der Waals surface area contributed by atoms with Crippen LogP contribution in [0.25, 0.3) is 6.08 Å². The van der Waals surface area contributed by atoms with Crippen molar-refractivity contribution in [1.29, 1.82) is 0 Å². The summed E-state index contributed by atoms with van der Waals surface area (Å²) < 4.78 is 5.40. The Kier molecular flexibility index (Phi) is 6.81. The number of aryl methyl sites for hydroxylation is 2. The molecular weight excluding hydrogens is 358 g/mol. The van der Waals surface area contributed by atoms with Gasteiger partial charge in [0.1, 0.15) is 5.75 Å². The molecule has 2 atom stereocenters. The Bertz CT molecular complexity index is 871. The minimum atomic E-state index is -0.843. The molecular formula is C26H35NO2. The number of hydrogen-bond acceptors (Lipinski definition) is 3. The monoisotopic (exact) mass is 393 g/mol. The molecule has 0 spiro atoms. The van der Waals surface area contributed by atoms with E-state index in [0.717, 1.165) is 42.7 Å². The third-order valence-corrected chi connectivity index (χ3v) is 6.21. The van der Waals surface area contributed by atoms with Gasteiger partial charge in [0.2, 0.25) is 0 Å². The van der Waals surface area contributed by atoms with Crippen LogP contribution in [-0.4, -0.2) is 43.4 Å². The second-order valence-electron chi connectivity index (χ2n) is 8.83. The van der Waals surface area contributed by atoms with Crippen LogP contribution in [0.5, 0.6) is 5.75 Å². The van der Waals surface area contributed by atoms with Gasteiger partial charge in [-0.25, -0.2) is 0 Å². The van der Waals surface area contributed by atoms with Gasteiger partial charge in [0.05, 0.1) is 12.7 Å². The van der Waals surface area contributed by atoms with E-state index in [0.29, 0.717) is 6.42 Å². The van der Waals surface area contributed by atoms with Crippen molar-refractivity contribution in [2.24, 2.45) is 5.92 Å². The first-order valence-electron chi connectivity index (χ1n) is 10.6. The van der Waals surface area contributed by atoms with Crippen molar-refractivity contribution < 1.29 is 9.84 Å². The van der Waals surface area contributed by atoms with E-state index >= 15 is 0 Å². The largest absolute Gasteiger partial charge is 0.497 e. The van der Waals surface area contributed by atoms with E-state index in [9.17, 15) is 5.11 Å². The minimum absolute atomic E-state index is 0.211. The number of aliphatic hydroxyl groups is 1. The summed E-state index contributed by atoms with van der Waals surface area (Å²) in [6.07, 6.45) is 5.95. The van der Waals surface area contributed by atoms with E-state index in [1.165, 1.54) is 16.7 Å². The average Bonchev–Trinajstić information content (AvgIpc) is 2.68. The molecule has 1 aliphatic carbocycles. The second kappa shape index (κ2) is 9.15. The molecule has 2 aromatic carbocycles. The molecule has 1 saturated carbocycles. The molecule has 0 aliphatic heterocycles. The van der Waals surface area contributed by atoms with Crippen molar-refractivity contribution in [3.05, 3.63) is 70.3 Å². The summed E-state index contributed by atoms with van der Waals surface area (Å²) in [5, 5.41) is 12.2. The fraction of sp³-hybridized carbons (Fsp3) is 0.462. The smallest absolute Gasteiger partial charge is 0.119 e. The van der Waals surface area contributed by atoms with E-state index < -0.39 is 5.60 Å². The molecule has 0 amide bonds. The lowest BCUT2D eigenvalue weighted by Crippen LogP contribution is -2.48. The summed E-state index contributed by atoms with van der Waals surface area (Å²) in [5.74, 6) is 1.06. The maximum absolute atomic E-state index is 12.2. The second-order valence-corrected chi connectivity index (χ2v) is 8.83. The molecule has 2 unspecified atom stereocenters. The Morgan fingerprint density at radius 3 is 2.69 bits per heavy atom. The lowest BCUT2D eigenvalue weighted by atomic mass is 9.68.